The monoisotopic (exact) mass is 381 g/mol. The van der Waals surface area contributed by atoms with Crippen molar-refractivity contribution >= 4 is 41.0 Å². The van der Waals surface area contributed by atoms with Gasteiger partial charge in [-0.15, -0.1) is 23.1 Å². The fraction of sp³-hybridized carbons (Fsp3) is 0.471. The molecule has 8 heteroatoms. The quantitative estimate of drug-likeness (QED) is 0.265. The van der Waals surface area contributed by atoms with Gasteiger partial charge in [0.05, 0.1) is 16.1 Å². The normalized spacial score (nSPS) is 16.9. The Morgan fingerprint density at radius 3 is 2.88 bits per heavy atom. The number of hydrogen-bond donors (Lipinski definition) is 3. The Hall–Kier alpha value is -1.64. The Balaban J connectivity index is 1.85. The molecule has 1 aromatic rings. The number of hydrogen-bond acceptors (Lipinski definition) is 6. The summed E-state index contributed by atoms with van der Waals surface area (Å²) >= 11 is 3.20. The van der Waals surface area contributed by atoms with E-state index in [2.05, 4.69) is 16.4 Å². The third kappa shape index (κ3) is 6.30. The largest absolute Gasteiger partial charge is 0.352 e. The summed E-state index contributed by atoms with van der Waals surface area (Å²) in [7, 11) is 0. The van der Waals surface area contributed by atoms with Crippen molar-refractivity contribution in [1.29, 1.82) is 0 Å². The molecule has 0 aromatic carbocycles. The topological polar surface area (TPSA) is 91.3 Å². The molecule has 0 aliphatic carbocycles. The predicted octanol–water partition coefficient (Wildman–Crippen LogP) is 3.04. The maximum atomic E-state index is 12.6. The van der Waals surface area contributed by atoms with Gasteiger partial charge in [0.15, 0.2) is 0 Å². The number of allylic oxidation sites excluding steroid dienone is 1. The maximum Gasteiger partial charge on any atom is 0.248 e. The first kappa shape index (κ1) is 19.7. The Kier molecular flexibility index (Phi) is 8.17. The van der Waals surface area contributed by atoms with Crippen LogP contribution >= 0.6 is 23.1 Å². The zero-order valence-corrected chi connectivity index (χ0v) is 15.8. The second-order valence-electron chi connectivity index (χ2n) is 5.74. The van der Waals surface area contributed by atoms with Crippen LogP contribution in [0, 0.1) is 6.92 Å². The lowest BCUT2D eigenvalue weighted by Gasteiger charge is -2.14. The van der Waals surface area contributed by atoms with Gasteiger partial charge in [-0.3, -0.25) is 14.8 Å². The van der Waals surface area contributed by atoms with E-state index in [9.17, 15) is 9.59 Å². The number of thioether (sulfide) groups is 1. The molecule has 6 nitrogen and oxygen atoms in total. The van der Waals surface area contributed by atoms with E-state index < -0.39 is 0 Å². The molecule has 0 saturated heterocycles. The smallest absolute Gasteiger partial charge is 0.248 e. The van der Waals surface area contributed by atoms with E-state index in [1.807, 2.05) is 18.4 Å². The first-order valence-corrected chi connectivity index (χ1v) is 10.1. The number of hydroxylamine groups is 1. The van der Waals surface area contributed by atoms with E-state index >= 15 is 0 Å². The molecule has 2 heterocycles. The number of rotatable bonds is 9. The van der Waals surface area contributed by atoms with E-state index in [0.29, 0.717) is 19.4 Å². The Morgan fingerprint density at radius 1 is 1.40 bits per heavy atom. The molecule has 2 rings (SSSR count). The average Bonchev–Trinajstić information content (AvgIpc) is 3.27. The number of unbranched alkanes of at least 4 members (excludes halogenated alkanes) is 2. The number of carbonyl (C=O) groups is 2. The SMILES string of the molecule is Cc1ncsc1/C=C(/C(=O)NCCCCCC(=O)NO)C1CC=CS1. The van der Waals surface area contributed by atoms with Gasteiger partial charge in [0, 0.05) is 23.8 Å². The number of amides is 2. The highest BCUT2D eigenvalue weighted by Gasteiger charge is 2.23. The molecule has 0 spiro atoms. The number of thiazole rings is 1. The molecule has 1 atom stereocenters. The molecule has 2 amide bonds. The van der Waals surface area contributed by atoms with E-state index in [1.165, 1.54) is 11.3 Å². The fourth-order valence-corrected chi connectivity index (χ4v) is 4.13. The second kappa shape index (κ2) is 10.4. The van der Waals surface area contributed by atoms with Crippen LogP contribution in [0.15, 0.2) is 22.6 Å². The van der Waals surface area contributed by atoms with E-state index in [1.54, 1.807) is 22.8 Å². The van der Waals surface area contributed by atoms with Gasteiger partial charge in [0.25, 0.3) is 0 Å². The first-order chi connectivity index (χ1) is 12.1. The van der Waals surface area contributed by atoms with Crippen LogP contribution in [0.5, 0.6) is 0 Å². The van der Waals surface area contributed by atoms with Crippen molar-refractivity contribution in [2.75, 3.05) is 6.54 Å². The lowest BCUT2D eigenvalue weighted by Crippen LogP contribution is -2.29. The Labute approximate surface area is 155 Å². The van der Waals surface area contributed by atoms with Crippen LogP contribution in [0.2, 0.25) is 0 Å². The second-order valence-corrected chi connectivity index (χ2v) is 7.74. The van der Waals surface area contributed by atoms with Crippen LogP contribution in [-0.2, 0) is 9.59 Å². The van der Waals surface area contributed by atoms with E-state index in [0.717, 1.165) is 35.4 Å². The molecule has 1 aliphatic heterocycles. The zero-order chi connectivity index (χ0) is 18.1. The average molecular weight is 382 g/mol. The van der Waals surface area contributed by atoms with Crippen LogP contribution in [0.1, 0.15) is 42.7 Å². The lowest BCUT2D eigenvalue weighted by atomic mass is 10.1. The molecule has 0 saturated carbocycles. The molecular weight excluding hydrogens is 358 g/mol. The number of aromatic nitrogens is 1. The highest BCUT2D eigenvalue weighted by Crippen LogP contribution is 2.32. The Bertz CT molecular complexity index is 647. The van der Waals surface area contributed by atoms with Gasteiger partial charge in [-0.25, -0.2) is 10.5 Å². The maximum absolute atomic E-state index is 12.6. The molecule has 0 bridgehead atoms. The molecule has 25 heavy (non-hydrogen) atoms. The molecular formula is C17H23N3O3S2. The van der Waals surface area contributed by atoms with Crippen LogP contribution in [0.25, 0.3) is 6.08 Å². The van der Waals surface area contributed by atoms with Crippen molar-refractivity contribution in [1.82, 2.24) is 15.8 Å². The molecule has 1 aliphatic rings. The van der Waals surface area contributed by atoms with Gasteiger partial charge in [0.2, 0.25) is 11.8 Å². The minimum atomic E-state index is -0.375. The van der Waals surface area contributed by atoms with Crippen molar-refractivity contribution in [3.63, 3.8) is 0 Å². The number of nitrogens with zero attached hydrogens (tertiary/aromatic N) is 1. The summed E-state index contributed by atoms with van der Waals surface area (Å²) in [4.78, 5) is 28.8. The van der Waals surface area contributed by atoms with Crippen molar-refractivity contribution in [3.05, 3.63) is 33.1 Å². The number of aryl methyl sites for hydroxylation is 1. The van der Waals surface area contributed by atoms with Crippen molar-refractivity contribution in [2.24, 2.45) is 0 Å². The lowest BCUT2D eigenvalue weighted by molar-refractivity contribution is -0.129. The Morgan fingerprint density at radius 2 is 2.24 bits per heavy atom. The van der Waals surface area contributed by atoms with Crippen LogP contribution in [0.3, 0.4) is 0 Å². The molecule has 0 radical (unpaired) electrons. The van der Waals surface area contributed by atoms with Crippen molar-refractivity contribution in [2.45, 2.75) is 44.3 Å². The highest BCUT2D eigenvalue weighted by molar-refractivity contribution is 8.03. The summed E-state index contributed by atoms with van der Waals surface area (Å²) in [6.45, 7) is 2.52. The van der Waals surface area contributed by atoms with Gasteiger partial charge in [-0.05, 0) is 37.7 Å². The summed E-state index contributed by atoms with van der Waals surface area (Å²) < 4.78 is 0. The minimum absolute atomic E-state index is 0.0397. The molecule has 136 valence electrons. The molecule has 1 aromatic heterocycles. The summed E-state index contributed by atoms with van der Waals surface area (Å²) in [6, 6.07) is 0. The highest BCUT2D eigenvalue weighted by atomic mass is 32.2. The third-order valence-electron chi connectivity index (χ3n) is 3.86. The summed E-state index contributed by atoms with van der Waals surface area (Å²) in [5.41, 5.74) is 5.13. The van der Waals surface area contributed by atoms with Crippen molar-refractivity contribution in [3.8, 4) is 0 Å². The van der Waals surface area contributed by atoms with E-state index in [-0.39, 0.29) is 17.1 Å². The number of nitrogens with one attached hydrogen (secondary N) is 2. The predicted molar refractivity (Wildman–Crippen MR) is 101 cm³/mol. The zero-order valence-electron chi connectivity index (χ0n) is 14.2. The summed E-state index contributed by atoms with van der Waals surface area (Å²) in [5.74, 6) is -0.415. The van der Waals surface area contributed by atoms with Crippen LogP contribution in [0.4, 0.5) is 0 Å². The summed E-state index contributed by atoms with van der Waals surface area (Å²) in [5, 5.41) is 13.6. The van der Waals surface area contributed by atoms with Gasteiger partial charge in [-0.2, -0.15) is 0 Å². The minimum Gasteiger partial charge on any atom is -0.352 e. The molecule has 1 unspecified atom stereocenters. The van der Waals surface area contributed by atoms with Gasteiger partial charge < -0.3 is 5.32 Å². The number of carbonyl (C=O) groups excluding carboxylic acids is 2. The first-order valence-electron chi connectivity index (χ1n) is 8.25. The summed E-state index contributed by atoms with van der Waals surface area (Å²) in [6.07, 6.45) is 7.50. The van der Waals surface area contributed by atoms with Gasteiger partial charge in [-0.1, -0.05) is 12.5 Å². The molecule has 3 N–H and O–H groups in total. The fourth-order valence-electron chi connectivity index (χ4n) is 2.43. The van der Waals surface area contributed by atoms with Gasteiger partial charge >= 0.3 is 0 Å². The van der Waals surface area contributed by atoms with Crippen LogP contribution < -0.4 is 10.8 Å². The standard InChI is InChI=1S/C17H23N3O3S2/c1-12-15(25-11-19-12)10-13(14-6-5-9-24-14)17(22)18-8-4-2-3-7-16(21)20-23/h5,9-11,14,23H,2-4,6-8H2,1H3,(H,18,22)(H,20,21)/b13-10+. The van der Waals surface area contributed by atoms with Gasteiger partial charge in [0.1, 0.15) is 0 Å². The van der Waals surface area contributed by atoms with Crippen LogP contribution in [-0.4, -0.2) is 33.8 Å². The third-order valence-corrected chi connectivity index (χ3v) is 5.86. The molecule has 0 fully saturated rings. The van der Waals surface area contributed by atoms with E-state index in [4.69, 9.17) is 5.21 Å². The van der Waals surface area contributed by atoms with Crippen molar-refractivity contribution < 1.29 is 14.8 Å².